The van der Waals surface area contributed by atoms with Crippen LogP contribution < -0.4 is 5.32 Å². The van der Waals surface area contributed by atoms with Gasteiger partial charge in [0.2, 0.25) is 5.91 Å². The van der Waals surface area contributed by atoms with Crippen molar-refractivity contribution in [1.82, 2.24) is 0 Å². The maximum absolute atomic E-state index is 12.1. The minimum atomic E-state index is -1.65. The predicted molar refractivity (Wildman–Crippen MR) is 93.7 cm³/mol. The molecule has 1 aromatic carbocycles. The molecule has 0 spiro atoms. The van der Waals surface area contributed by atoms with Crippen LogP contribution in [0.4, 0.5) is 5.69 Å². The quantitative estimate of drug-likeness (QED) is 0.334. The first-order chi connectivity index (χ1) is 12.6. The number of benzene rings is 1. The monoisotopic (exact) mass is 401 g/mol. The van der Waals surface area contributed by atoms with Crippen molar-refractivity contribution < 1.29 is 39.5 Å². The second-order valence-corrected chi connectivity index (χ2v) is 6.56. The van der Waals surface area contributed by atoms with Gasteiger partial charge in [-0.1, -0.05) is 6.07 Å². The molecule has 0 saturated carbocycles. The van der Waals surface area contributed by atoms with E-state index >= 15 is 0 Å². The van der Waals surface area contributed by atoms with Gasteiger partial charge >= 0.3 is 0 Å². The number of hydrogen-bond donors (Lipinski definition) is 5. The molecular weight excluding hydrogens is 382 g/mol. The Balaban J connectivity index is 2.68. The fraction of sp³-hybridized carbons (Fsp3) is 0.471. The first kappa shape index (κ1) is 21.4. The Hall–Kier alpha value is -1.88. The summed E-state index contributed by atoms with van der Waals surface area (Å²) in [7, 11) is 0. The molecule has 1 unspecified atom stereocenters. The van der Waals surface area contributed by atoms with Gasteiger partial charge in [-0.2, -0.15) is 0 Å². The minimum Gasteiger partial charge on any atom is -0.394 e. The van der Waals surface area contributed by atoms with Crippen LogP contribution in [0.1, 0.15) is 46.2 Å². The second kappa shape index (κ2) is 8.42. The fourth-order valence-electron chi connectivity index (χ4n) is 3.05. The lowest BCUT2D eigenvalue weighted by atomic mass is 9.88. The number of carbonyl (C=O) groups is 3. The maximum Gasteiger partial charge on any atom is 0.253 e. The lowest BCUT2D eigenvalue weighted by molar-refractivity contribution is -0.231. The molecule has 1 amide bonds. The van der Waals surface area contributed by atoms with Crippen molar-refractivity contribution in [2.75, 3.05) is 11.9 Å². The summed E-state index contributed by atoms with van der Waals surface area (Å²) >= 11 is 5.53. The lowest BCUT2D eigenvalue weighted by Crippen LogP contribution is -2.55. The highest BCUT2D eigenvalue weighted by Crippen LogP contribution is 2.39. The van der Waals surface area contributed by atoms with Crippen molar-refractivity contribution >= 4 is 34.2 Å². The predicted octanol–water partition coefficient (Wildman–Crippen LogP) is -0.258. The molecular formula is C17H20ClNO8. The van der Waals surface area contributed by atoms with E-state index in [1.165, 1.54) is 26.0 Å². The summed E-state index contributed by atoms with van der Waals surface area (Å²) in [4.78, 5) is 35.4. The van der Waals surface area contributed by atoms with Gasteiger partial charge in [0, 0.05) is 18.1 Å². The molecule has 1 aliphatic heterocycles. The third-order valence-electron chi connectivity index (χ3n) is 4.30. The van der Waals surface area contributed by atoms with E-state index in [1.54, 1.807) is 0 Å². The highest BCUT2D eigenvalue weighted by molar-refractivity contribution is 6.68. The molecule has 0 aromatic heterocycles. The van der Waals surface area contributed by atoms with E-state index in [4.69, 9.17) is 16.3 Å². The smallest absolute Gasteiger partial charge is 0.253 e. The first-order valence-corrected chi connectivity index (χ1v) is 8.43. The molecule has 1 saturated heterocycles. The molecule has 148 valence electrons. The average molecular weight is 402 g/mol. The third kappa shape index (κ3) is 4.18. The summed E-state index contributed by atoms with van der Waals surface area (Å²) < 4.78 is 5.48. The average Bonchev–Trinajstić information content (AvgIpc) is 2.59. The van der Waals surface area contributed by atoms with Crippen LogP contribution in [-0.4, -0.2) is 68.4 Å². The molecule has 1 aliphatic rings. The molecule has 27 heavy (non-hydrogen) atoms. The van der Waals surface area contributed by atoms with Gasteiger partial charge in [0.25, 0.3) is 5.24 Å². The summed E-state index contributed by atoms with van der Waals surface area (Å²) in [5, 5.41) is 41.1. The number of aliphatic hydroxyl groups excluding tert-OH is 4. The number of ketones is 1. The van der Waals surface area contributed by atoms with Crippen molar-refractivity contribution in [1.29, 1.82) is 0 Å². The van der Waals surface area contributed by atoms with Crippen molar-refractivity contribution in [2.24, 2.45) is 0 Å². The highest BCUT2D eigenvalue weighted by atomic mass is 35.5. The maximum atomic E-state index is 12.1. The van der Waals surface area contributed by atoms with Crippen molar-refractivity contribution in [3.05, 3.63) is 28.8 Å². The number of hydrogen-bond acceptors (Lipinski definition) is 8. The van der Waals surface area contributed by atoms with Crippen LogP contribution in [0, 0.1) is 0 Å². The highest BCUT2D eigenvalue weighted by Gasteiger charge is 2.45. The summed E-state index contributed by atoms with van der Waals surface area (Å²) in [5.41, 5.74) is -0.360. The van der Waals surface area contributed by atoms with Gasteiger partial charge < -0.3 is 30.5 Å². The SMILES string of the molecule is CC(=O)Nc1c(C2O[C@H](CO)[C@@H](O)[C@H](O)[C@H]2O)ccc(C(=O)Cl)c1C(C)=O. The van der Waals surface area contributed by atoms with Gasteiger partial charge in [-0.05, 0) is 24.6 Å². The first-order valence-electron chi connectivity index (χ1n) is 8.05. The Labute approximate surface area is 159 Å². The molecule has 2 rings (SSSR count). The van der Waals surface area contributed by atoms with Crippen molar-refractivity contribution in [3.8, 4) is 0 Å². The van der Waals surface area contributed by atoms with Gasteiger partial charge in [-0.25, -0.2) is 0 Å². The van der Waals surface area contributed by atoms with Gasteiger partial charge in [-0.3, -0.25) is 14.4 Å². The molecule has 1 heterocycles. The minimum absolute atomic E-state index is 0.0777. The van der Waals surface area contributed by atoms with Gasteiger partial charge in [-0.15, -0.1) is 0 Å². The number of ether oxygens (including phenoxy) is 1. The Kier molecular flexibility index (Phi) is 6.68. The number of nitrogens with one attached hydrogen (secondary N) is 1. The largest absolute Gasteiger partial charge is 0.394 e. The molecule has 5 N–H and O–H groups in total. The molecule has 10 heteroatoms. The van der Waals surface area contributed by atoms with E-state index in [0.29, 0.717) is 0 Å². The third-order valence-corrected chi connectivity index (χ3v) is 4.50. The van der Waals surface area contributed by atoms with Gasteiger partial charge in [0.15, 0.2) is 5.78 Å². The topological polar surface area (TPSA) is 153 Å². The van der Waals surface area contributed by atoms with Gasteiger partial charge in [0.05, 0.1) is 17.9 Å². The molecule has 9 nitrogen and oxygen atoms in total. The van der Waals surface area contributed by atoms with Crippen LogP contribution in [-0.2, 0) is 9.53 Å². The molecule has 0 bridgehead atoms. The van der Waals surface area contributed by atoms with Crippen LogP contribution in [0.5, 0.6) is 0 Å². The standard InChI is InChI=1S/C17H20ClNO8/c1-6(21)11-8(17(18)26)3-4-9(12(11)19-7(2)22)16-15(25)14(24)13(23)10(5-20)27-16/h3-4,10,13-16,20,23-25H,5H2,1-2H3,(H,19,22)/t10-,13-,14+,15-,16?/m1/s1. The Morgan fingerprint density at radius 2 is 1.74 bits per heavy atom. The molecule has 1 fully saturated rings. The van der Waals surface area contributed by atoms with E-state index in [9.17, 15) is 34.8 Å². The number of amides is 1. The number of rotatable bonds is 5. The second-order valence-electron chi connectivity index (χ2n) is 6.21. The summed E-state index contributed by atoms with van der Waals surface area (Å²) in [6.45, 7) is 1.70. The fourth-order valence-corrected chi connectivity index (χ4v) is 3.21. The van der Waals surface area contributed by atoms with Crippen molar-refractivity contribution in [3.63, 3.8) is 0 Å². The van der Waals surface area contributed by atoms with Crippen LogP contribution in [0.3, 0.4) is 0 Å². The Morgan fingerprint density at radius 1 is 1.11 bits per heavy atom. The number of carbonyl (C=O) groups excluding carboxylic acids is 3. The number of Topliss-reactive ketones (excluding diaryl/α,β-unsaturated/α-hetero) is 1. The Bertz CT molecular complexity index is 766. The van der Waals surface area contributed by atoms with Gasteiger partial charge in [0.1, 0.15) is 30.5 Å². The molecule has 0 aliphatic carbocycles. The van der Waals surface area contributed by atoms with E-state index in [0.717, 1.165) is 0 Å². The zero-order chi connectivity index (χ0) is 20.5. The number of anilines is 1. The van der Waals surface area contributed by atoms with Crippen LogP contribution in [0.2, 0.25) is 0 Å². The van der Waals surface area contributed by atoms with Crippen LogP contribution >= 0.6 is 11.6 Å². The van der Waals surface area contributed by atoms with Crippen LogP contribution in [0.15, 0.2) is 12.1 Å². The summed E-state index contributed by atoms with van der Waals surface area (Å²) in [6, 6.07) is 2.54. The zero-order valence-electron chi connectivity index (χ0n) is 14.5. The molecule has 0 radical (unpaired) electrons. The Morgan fingerprint density at radius 3 is 2.22 bits per heavy atom. The molecule has 1 aromatic rings. The van der Waals surface area contributed by atoms with E-state index in [2.05, 4.69) is 5.32 Å². The van der Waals surface area contributed by atoms with E-state index in [-0.39, 0.29) is 22.4 Å². The summed E-state index contributed by atoms with van der Waals surface area (Å²) in [5.74, 6) is -1.14. The summed E-state index contributed by atoms with van der Waals surface area (Å²) in [6.07, 6.45) is -7.34. The number of halogens is 1. The lowest BCUT2D eigenvalue weighted by Gasteiger charge is -2.41. The molecule has 5 atom stereocenters. The van der Waals surface area contributed by atoms with Crippen molar-refractivity contribution in [2.45, 2.75) is 44.4 Å². The normalized spacial score (nSPS) is 27.9. The van der Waals surface area contributed by atoms with E-state index < -0.39 is 54.1 Å². The van der Waals surface area contributed by atoms with E-state index in [1.807, 2.05) is 0 Å². The number of aliphatic hydroxyl groups is 4. The zero-order valence-corrected chi connectivity index (χ0v) is 15.3. The van der Waals surface area contributed by atoms with Crippen LogP contribution in [0.25, 0.3) is 0 Å².